The number of carbonyl (C=O) groups excluding carboxylic acids is 1. The third-order valence-corrected chi connectivity index (χ3v) is 5.22. The van der Waals surface area contributed by atoms with E-state index >= 15 is 0 Å². The zero-order valence-corrected chi connectivity index (χ0v) is 17.8. The minimum atomic E-state index is -0.529. The molecule has 0 saturated carbocycles. The van der Waals surface area contributed by atoms with Gasteiger partial charge in [0.1, 0.15) is 5.56 Å². The summed E-state index contributed by atoms with van der Waals surface area (Å²) in [6, 6.07) is 21.1. The standard InChI is InChI=1S/C20H14BrIN2O3/c21-15-7-5-14(6-8-15)13-23(17-11-9-16(22)10-12-17)20(25)18-3-1-2-4-19(18)24(26)27/h1-12H,13H2. The number of amides is 1. The van der Waals surface area contributed by atoms with Gasteiger partial charge in [-0.3, -0.25) is 14.9 Å². The zero-order valence-electron chi connectivity index (χ0n) is 14.0. The van der Waals surface area contributed by atoms with Crippen LogP contribution in [0, 0.1) is 13.7 Å². The van der Waals surface area contributed by atoms with Gasteiger partial charge in [0.2, 0.25) is 0 Å². The first kappa shape index (κ1) is 19.5. The van der Waals surface area contributed by atoms with Crippen molar-refractivity contribution >= 4 is 55.8 Å². The first-order chi connectivity index (χ1) is 13.0. The molecule has 0 aromatic heterocycles. The van der Waals surface area contributed by atoms with Gasteiger partial charge >= 0.3 is 0 Å². The van der Waals surface area contributed by atoms with Gasteiger partial charge in [0.25, 0.3) is 11.6 Å². The number of halogens is 2. The fourth-order valence-corrected chi connectivity index (χ4v) is 3.26. The Morgan fingerprint density at radius 1 is 1.00 bits per heavy atom. The second-order valence-corrected chi connectivity index (χ2v) is 7.93. The summed E-state index contributed by atoms with van der Waals surface area (Å²) >= 11 is 5.59. The molecule has 136 valence electrons. The number of benzene rings is 3. The van der Waals surface area contributed by atoms with Crippen molar-refractivity contribution in [3.63, 3.8) is 0 Å². The van der Waals surface area contributed by atoms with Crippen molar-refractivity contribution in [3.8, 4) is 0 Å². The van der Waals surface area contributed by atoms with Crippen molar-refractivity contribution < 1.29 is 9.72 Å². The highest BCUT2D eigenvalue weighted by Gasteiger charge is 2.25. The maximum absolute atomic E-state index is 13.2. The summed E-state index contributed by atoms with van der Waals surface area (Å²) in [6.07, 6.45) is 0. The number of nitro groups is 1. The fraction of sp³-hybridized carbons (Fsp3) is 0.0500. The molecule has 0 spiro atoms. The first-order valence-electron chi connectivity index (χ1n) is 8.01. The van der Waals surface area contributed by atoms with Crippen molar-refractivity contribution in [1.29, 1.82) is 0 Å². The monoisotopic (exact) mass is 536 g/mol. The van der Waals surface area contributed by atoms with Crippen LogP contribution >= 0.6 is 38.5 Å². The van der Waals surface area contributed by atoms with Crippen LogP contribution in [0.3, 0.4) is 0 Å². The van der Waals surface area contributed by atoms with E-state index in [1.165, 1.54) is 12.1 Å². The van der Waals surface area contributed by atoms with Crippen LogP contribution in [-0.2, 0) is 6.54 Å². The molecule has 0 N–H and O–H groups in total. The summed E-state index contributed by atoms with van der Waals surface area (Å²) in [6.45, 7) is 0.304. The van der Waals surface area contributed by atoms with E-state index in [9.17, 15) is 14.9 Å². The maximum atomic E-state index is 13.2. The number of hydrogen-bond donors (Lipinski definition) is 0. The number of carbonyl (C=O) groups is 1. The van der Waals surface area contributed by atoms with E-state index in [4.69, 9.17) is 0 Å². The van der Waals surface area contributed by atoms with Crippen molar-refractivity contribution in [2.75, 3.05) is 4.90 Å². The van der Waals surface area contributed by atoms with Crippen LogP contribution in [-0.4, -0.2) is 10.8 Å². The molecule has 3 aromatic rings. The van der Waals surface area contributed by atoms with E-state index in [-0.39, 0.29) is 11.3 Å². The number of hydrogen-bond acceptors (Lipinski definition) is 3. The molecular weight excluding hydrogens is 523 g/mol. The highest BCUT2D eigenvalue weighted by Crippen LogP contribution is 2.26. The molecule has 0 aliphatic rings. The van der Waals surface area contributed by atoms with Crippen molar-refractivity contribution in [3.05, 3.63) is 102 Å². The summed E-state index contributed by atoms with van der Waals surface area (Å²) in [5.74, 6) is -0.411. The molecule has 0 atom stereocenters. The molecule has 0 fully saturated rings. The summed E-state index contributed by atoms with van der Waals surface area (Å²) in [5.41, 5.74) is 1.47. The van der Waals surface area contributed by atoms with Crippen LogP contribution in [0.15, 0.2) is 77.3 Å². The normalized spacial score (nSPS) is 10.4. The lowest BCUT2D eigenvalue weighted by Gasteiger charge is -2.23. The Kier molecular flexibility index (Phi) is 6.22. The lowest BCUT2D eigenvalue weighted by atomic mass is 10.1. The van der Waals surface area contributed by atoms with Gasteiger partial charge in [0.15, 0.2) is 0 Å². The molecule has 0 radical (unpaired) electrons. The summed E-state index contributed by atoms with van der Waals surface area (Å²) < 4.78 is 1.98. The fourth-order valence-electron chi connectivity index (χ4n) is 2.63. The molecule has 0 aliphatic carbocycles. The Morgan fingerprint density at radius 2 is 1.63 bits per heavy atom. The summed E-state index contributed by atoms with van der Waals surface area (Å²) in [7, 11) is 0. The van der Waals surface area contributed by atoms with Gasteiger partial charge in [-0.1, -0.05) is 40.2 Å². The third kappa shape index (κ3) is 4.72. The smallest absolute Gasteiger partial charge is 0.282 e. The molecule has 0 bridgehead atoms. The average Bonchev–Trinajstić information content (AvgIpc) is 2.68. The highest BCUT2D eigenvalue weighted by atomic mass is 127. The second kappa shape index (κ2) is 8.62. The molecule has 0 heterocycles. The van der Waals surface area contributed by atoms with Crippen LogP contribution < -0.4 is 4.90 Å². The lowest BCUT2D eigenvalue weighted by molar-refractivity contribution is -0.385. The van der Waals surface area contributed by atoms with Gasteiger partial charge in [-0.25, -0.2) is 0 Å². The van der Waals surface area contributed by atoms with E-state index < -0.39 is 10.8 Å². The van der Waals surface area contributed by atoms with Crippen LogP contribution in [0.5, 0.6) is 0 Å². The van der Waals surface area contributed by atoms with E-state index in [2.05, 4.69) is 38.5 Å². The Hall–Kier alpha value is -2.26. The number of nitro benzene ring substituents is 1. The Balaban J connectivity index is 2.03. The topological polar surface area (TPSA) is 63.4 Å². The van der Waals surface area contributed by atoms with Gasteiger partial charge < -0.3 is 4.90 Å². The quantitative estimate of drug-likeness (QED) is 0.235. The lowest BCUT2D eigenvalue weighted by Crippen LogP contribution is -2.31. The largest absolute Gasteiger partial charge is 0.304 e. The maximum Gasteiger partial charge on any atom is 0.282 e. The summed E-state index contributed by atoms with van der Waals surface area (Å²) in [4.78, 5) is 25.6. The van der Waals surface area contributed by atoms with E-state index in [0.717, 1.165) is 13.6 Å². The highest BCUT2D eigenvalue weighted by molar-refractivity contribution is 14.1. The molecule has 0 saturated heterocycles. The molecule has 27 heavy (non-hydrogen) atoms. The number of nitrogens with zero attached hydrogens (tertiary/aromatic N) is 2. The van der Waals surface area contributed by atoms with Gasteiger partial charge in [-0.05, 0) is 70.6 Å². The van der Waals surface area contributed by atoms with Crippen molar-refractivity contribution in [1.82, 2.24) is 0 Å². The van der Waals surface area contributed by atoms with Crippen LogP contribution in [0.1, 0.15) is 15.9 Å². The molecule has 0 unspecified atom stereocenters. The van der Waals surface area contributed by atoms with Crippen molar-refractivity contribution in [2.45, 2.75) is 6.54 Å². The molecule has 0 aliphatic heterocycles. The molecule has 7 heteroatoms. The predicted octanol–water partition coefficient (Wildman–Crippen LogP) is 5.81. The number of rotatable bonds is 5. The average molecular weight is 537 g/mol. The van der Waals surface area contributed by atoms with Crippen LogP contribution in [0.2, 0.25) is 0 Å². The second-order valence-electron chi connectivity index (χ2n) is 5.77. The molecule has 5 nitrogen and oxygen atoms in total. The van der Waals surface area contributed by atoms with Crippen LogP contribution in [0.4, 0.5) is 11.4 Å². The summed E-state index contributed by atoms with van der Waals surface area (Å²) in [5, 5.41) is 11.4. The van der Waals surface area contributed by atoms with Gasteiger partial charge in [-0.15, -0.1) is 0 Å². The predicted molar refractivity (Wildman–Crippen MR) is 117 cm³/mol. The van der Waals surface area contributed by atoms with E-state index in [1.54, 1.807) is 17.0 Å². The van der Waals surface area contributed by atoms with E-state index in [1.807, 2.05) is 48.5 Å². The Labute approximate surface area is 178 Å². The van der Waals surface area contributed by atoms with Crippen LogP contribution in [0.25, 0.3) is 0 Å². The molecule has 1 amide bonds. The van der Waals surface area contributed by atoms with Gasteiger partial charge in [0, 0.05) is 19.8 Å². The van der Waals surface area contributed by atoms with Crippen molar-refractivity contribution in [2.24, 2.45) is 0 Å². The minimum absolute atomic E-state index is 0.0677. The van der Waals surface area contributed by atoms with Gasteiger partial charge in [-0.2, -0.15) is 0 Å². The first-order valence-corrected chi connectivity index (χ1v) is 9.88. The third-order valence-electron chi connectivity index (χ3n) is 3.97. The van der Waals surface area contributed by atoms with E-state index in [0.29, 0.717) is 12.2 Å². The Bertz CT molecular complexity index is 975. The van der Waals surface area contributed by atoms with Gasteiger partial charge in [0.05, 0.1) is 11.5 Å². The number of anilines is 1. The minimum Gasteiger partial charge on any atom is -0.304 e. The SMILES string of the molecule is O=C(c1ccccc1[N+](=O)[O-])N(Cc1ccc(Br)cc1)c1ccc(I)cc1. The molecule has 3 rings (SSSR count). The molecule has 3 aromatic carbocycles. The Morgan fingerprint density at radius 3 is 2.26 bits per heavy atom. The molecular formula is C20H14BrIN2O3. The number of para-hydroxylation sites is 1. The zero-order chi connectivity index (χ0) is 19.4.